The molecule has 82 valence electrons. The Balaban J connectivity index is 2.76. The van der Waals surface area contributed by atoms with Crippen molar-refractivity contribution in [2.75, 3.05) is 11.9 Å². The van der Waals surface area contributed by atoms with Gasteiger partial charge in [-0.05, 0) is 25.0 Å². The summed E-state index contributed by atoms with van der Waals surface area (Å²) in [6, 6.07) is 4.64. The van der Waals surface area contributed by atoms with Crippen molar-refractivity contribution >= 4 is 21.6 Å². The number of hydrogen-bond acceptors (Lipinski definition) is 3. The molecule has 0 aliphatic heterocycles. The predicted molar refractivity (Wildman–Crippen MR) is 61.7 cm³/mol. The van der Waals surface area contributed by atoms with Gasteiger partial charge in [-0.3, -0.25) is 10.1 Å². The average Bonchev–Trinajstić information content (AvgIpc) is 2.20. The summed E-state index contributed by atoms with van der Waals surface area (Å²) in [4.78, 5) is 10.1. The number of alkyl halides is 1. The van der Waals surface area contributed by atoms with E-state index in [2.05, 4.69) is 15.9 Å². The molecule has 0 amide bonds. The Morgan fingerprint density at radius 1 is 1.53 bits per heavy atom. The van der Waals surface area contributed by atoms with Crippen LogP contribution in [0.5, 0.6) is 5.75 Å². The van der Waals surface area contributed by atoms with Gasteiger partial charge in [0.1, 0.15) is 5.75 Å². The van der Waals surface area contributed by atoms with Crippen LogP contribution in [0, 0.1) is 17.0 Å². The summed E-state index contributed by atoms with van der Waals surface area (Å²) in [5.41, 5.74) is 0.976. The van der Waals surface area contributed by atoms with Crippen LogP contribution >= 0.6 is 15.9 Å². The molecule has 0 heterocycles. The minimum absolute atomic E-state index is 0.0643. The lowest BCUT2D eigenvalue weighted by Gasteiger charge is -2.07. The molecule has 15 heavy (non-hydrogen) atoms. The van der Waals surface area contributed by atoms with Gasteiger partial charge in [0.05, 0.1) is 17.6 Å². The van der Waals surface area contributed by atoms with Crippen molar-refractivity contribution in [2.45, 2.75) is 13.3 Å². The number of halogens is 1. The Labute approximate surface area is 96.5 Å². The third-order valence-corrected chi connectivity index (χ3v) is 2.48. The van der Waals surface area contributed by atoms with Gasteiger partial charge in [0.2, 0.25) is 0 Å². The van der Waals surface area contributed by atoms with E-state index in [-0.39, 0.29) is 5.69 Å². The fourth-order valence-electron chi connectivity index (χ4n) is 1.09. The maximum atomic E-state index is 10.5. The molecule has 0 fully saturated rings. The molecule has 1 aromatic rings. The molecule has 0 unspecified atom stereocenters. The van der Waals surface area contributed by atoms with Crippen LogP contribution in [0.4, 0.5) is 5.69 Å². The van der Waals surface area contributed by atoms with Crippen LogP contribution in [0.1, 0.15) is 12.0 Å². The van der Waals surface area contributed by atoms with Crippen molar-refractivity contribution in [3.05, 3.63) is 33.9 Å². The number of nitro benzene ring substituents is 1. The maximum absolute atomic E-state index is 10.5. The monoisotopic (exact) mass is 273 g/mol. The molecule has 0 N–H and O–H groups in total. The normalized spacial score (nSPS) is 10.0. The van der Waals surface area contributed by atoms with Crippen LogP contribution in [0.3, 0.4) is 0 Å². The minimum atomic E-state index is -0.420. The quantitative estimate of drug-likeness (QED) is 0.359. The number of aryl methyl sites for hydroxylation is 1. The van der Waals surface area contributed by atoms with E-state index in [4.69, 9.17) is 4.74 Å². The Morgan fingerprint density at radius 2 is 2.27 bits per heavy atom. The Bertz CT molecular complexity index is 355. The van der Waals surface area contributed by atoms with Crippen LogP contribution in [-0.4, -0.2) is 16.9 Å². The number of hydrogen-bond donors (Lipinski definition) is 0. The largest absolute Gasteiger partial charge is 0.493 e. The Kier molecular flexibility index (Phi) is 4.55. The Hall–Kier alpha value is -1.10. The molecule has 0 aliphatic carbocycles. The maximum Gasteiger partial charge on any atom is 0.273 e. The molecular formula is C10H12BrNO3. The number of rotatable bonds is 5. The highest BCUT2D eigenvalue weighted by molar-refractivity contribution is 9.09. The minimum Gasteiger partial charge on any atom is -0.493 e. The van der Waals surface area contributed by atoms with Crippen molar-refractivity contribution in [1.29, 1.82) is 0 Å². The highest BCUT2D eigenvalue weighted by atomic mass is 79.9. The molecule has 0 bridgehead atoms. The molecule has 0 aliphatic rings. The van der Waals surface area contributed by atoms with Gasteiger partial charge in [0, 0.05) is 11.4 Å². The van der Waals surface area contributed by atoms with Crippen LogP contribution in [-0.2, 0) is 0 Å². The molecule has 4 nitrogen and oxygen atoms in total. The molecule has 1 rings (SSSR count). The zero-order valence-corrected chi connectivity index (χ0v) is 9.99. The van der Waals surface area contributed by atoms with Gasteiger partial charge in [0.25, 0.3) is 5.69 Å². The second-order valence-corrected chi connectivity index (χ2v) is 3.89. The first-order valence-electron chi connectivity index (χ1n) is 4.59. The topological polar surface area (TPSA) is 52.4 Å². The fraction of sp³-hybridized carbons (Fsp3) is 0.400. The molecule has 0 aromatic heterocycles. The molecule has 0 radical (unpaired) electrons. The smallest absolute Gasteiger partial charge is 0.273 e. The van der Waals surface area contributed by atoms with Gasteiger partial charge in [-0.2, -0.15) is 0 Å². The lowest BCUT2D eigenvalue weighted by Crippen LogP contribution is -2.00. The number of nitro groups is 1. The lowest BCUT2D eigenvalue weighted by molar-refractivity contribution is -0.384. The summed E-state index contributed by atoms with van der Waals surface area (Å²) < 4.78 is 5.43. The van der Waals surface area contributed by atoms with E-state index in [0.717, 1.165) is 17.3 Å². The van der Waals surface area contributed by atoms with E-state index in [9.17, 15) is 10.1 Å². The van der Waals surface area contributed by atoms with E-state index in [1.165, 1.54) is 12.1 Å². The van der Waals surface area contributed by atoms with Crippen molar-refractivity contribution in [1.82, 2.24) is 0 Å². The van der Waals surface area contributed by atoms with Crippen molar-refractivity contribution in [3.8, 4) is 5.75 Å². The number of ether oxygens (including phenoxy) is 1. The molecule has 5 heteroatoms. The number of non-ortho nitro benzene ring substituents is 1. The van der Waals surface area contributed by atoms with Crippen LogP contribution < -0.4 is 4.74 Å². The van der Waals surface area contributed by atoms with E-state index in [0.29, 0.717) is 12.4 Å². The lowest BCUT2D eigenvalue weighted by atomic mass is 10.2. The van der Waals surface area contributed by atoms with E-state index < -0.39 is 4.92 Å². The standard InChI is InChI=1S/C10H12BrNO3/c1-8-3-4-9(12(13)14)7-10(8)15-6-2-5-11/h3-4,7H,2,5-6H2,1H3. The molecule has 0 spiro atoms. The van der Waals surface area contributed by atoms with Crippen LogP contribution in [0.25, 0.3) is 0 Å². The van der Waals surface area contributed by atoms with E-state index in [1.807, 2.05) is 6.92 Å². The summed E-state index contributed by atoms with van der Waals surface area (Å²) in [5.74, 6) is 0.588. The highest BCUT2D eigenvalue weighted by Crippen LogP contribution is 2.24. The summed E-state index contributed by atoms with van der Waals surface area (Å²) in [5, 5.41) is 11.4. The van der Waals surface area contributed by atoms with Crippen LogP contribution in [0.2, 0.25) is 0 Å². The summed E-state index contributed by atoms with van der Waals surface area (Å²) in [6.07, 6.45) is 0.877. The van der Waals surface area contributed by atoms with Gasteiger partial charge in [0.15, 0.2) is 0 Å². The molecule has 0 saturated carbocycles. The zero-order chi connectivity index (χ0) is 11.3. The zero-order valence-electron chi connectivity index (χ0n) is 8.40. The summed E-state index contributed by atoms with van der Waals surface area (Å²) in [6.45, 7) is 2.43. The van der Waals surface area contributed by atoms with Crippen LogP contribution in [0.15, 0.2) is 18.2 Å². The number of nitrogens with zero attached hydrogens (tertiary/aromatic N) is 1. The van der Waals surface area contributed by atoms with Crippen molar-refractivity contribution in [3.63, 3.8) is 0 Å². The summed E-state index contributed by atoms with van der Waals surface area (Å²) >= 11 is 3.29. The molecule has 0 saturated heterocycles. The number of benzene rings is 1. The fourth-order valence-corrected chi connectivity index (χ4v) is 1.32. The SMILES string of the molecule is Cc1ccc([N+](=O)[O-])cc1OCCCBr. The second kappa shape index (κ2) is 5.70. The third kappa shape index (κ3) is 3.51. The first-order chi connectivity index (χ1) is 7.15. The molecule has 0 atom stereocenters. The first-order valence-corrected chi connectivity index (χ1v) is 5.71. The van der Waals surface area contributed by atoms with Gasteiger partial charge in [-0.1, -0.05) is 15.9 Å². The van der Waals surface area contributed by atoms with Crippen molar-refractivity contribution < 1.29 is 9.66 Å². The highest BCUT2D eigenvalue weighted by Gasteiger charge is 2.08. The van der Waals surface area contributed by atoms with Gasteiger partial charge in [-0.25, -0.2) is 0 Å². The van der Waals surface area contributed by atoms with Crippen molar-refractivity contribution in [2.24, 2.45) is 0 Å². The molecule has 1 aromatic carbocycles. The molecular weight excluding hydrogens is 262 g/mol. The third-order valence-electron chi connectivity index (χ3n) is 1.92. The predicted octanol–water partition coefficient (Wildman–Crippen LogP) is 3.07. The Morgan fingerprint density at radius 3 is 2.87 bits per heavy atom. The van der Waals surface area contributed by atoms with Gasteiger partial charge < -0.3 is 4.74 Å². The summed E-state index contributed by atoms with van der Waals surface area (Å²) in [7, 11) is 0. The first kappa shape index (κ1) is 12.0. The van der Waals surface area contributed by atoms with E-state index in [1.54, 1.807) is 6.07 Å². The second-order valence-electron chi connectivity index (χ2n) is 3.10. The van der Waals surface area contributed by atoms with Gasteiger partial charge >= 0.3 is 0 Å². The van der Waals surface area contributed by atoms with E-state index >= 15 is 0 Å². The average molecular weight is 274 g/mol. The van der Waals surface area contributed by atoms with Gasteiger partial charge in [-0.15, -0.1) is 0 Å².